The predicted molar refractivity (Wildman–Crippen MR) is 62.4 cm³/mol. The highest BCUT2D eigenvalue weighted by Crippen LogP contribution is 2.27. The number of hydrogen-bond donors (Lipinski definition) is 1. The molecule has 0 spiro atoms. The van der Waals surface area contributed by atoms with Crippen LogP contribution in [0.3, 0.4) is 0 Å². The van der Waals surface area contributed by atoms with Crippen molar-refractivity contribution in [3.05, 3.63) is 23.8 Å². The van der Waals surface area contributed by atoms with Crippen molar-refractivity contribution in [3.8, 4) is 11.5 Å². The Kier molecular flexibility index (Phi) is 3.80. The molecule has 0 saturated heterocycles. The van der Waals surface area contributed by atoms with E-state index < -0.39 is 15.1 Å². The largest absolute Gasteiger partial charge is 0.504 e. The van der Waals surface area contributed by atoms with E-state index in [0.717, 1.165) is 0 Å². The Bertz CT molecular complexity index is 463. The third kappa shape index (κ3) is 2.88. The fraction of sp³-hybridized carbons (Fsp3) is 0.455. The summed E-state index contributed by atoms with van der Waals surface area (Å²) in [7, 11) is -1.70. The summed E-state index contributed by atoms with van der Waals surface area (Å²) < 4.78 is 28.2. The summed E-state index contributed by atoms with van der Waals surface area (Å²) in [4.78, 5) is 0. The van der Waals surface area contributed by atoms with Gasteiger partial charge in [-0.3, -0.25) is 0 Å². The highest BCUT2D eigenvalue weighted by molar-refractivity contribution is 7.91. The zero-order chi connectivity index (χ0) is 12.3. The van der Waals surface area contributed by atoms with E-state index in [9.17, 15) is 13.5 Å². The Balaban J connectivity index is 2.96. The molecule has 4 nitrogen and oxygen atoms in total. The molecule has 0 aliphatic heterocycles. The average Bonchev–Trinajstić information content (AvgIpc) is 2.17. The SMILES string of the molecule is COc1ccc(CS(=O)(=O)C(C)C)cc1O. The van der Waals surface area contributed by atoms with Gasteiger partial charge < -0.3 is 9.84 Å². The van der Waals surface area contributed by atoms with Crippen molar-refractivity contribution in [2.45, 2.75) is 24.9 Å². The summed E-state index contributed by atoms with van der Waals surface area (Å²) >= 11 is 0. The van der Waals surface area contributed by atoms with Gasteiger partial charge in [-0.05, 0) is 31.5 Å². The molecule has 0 aliphatic rings. The molecule has 1 aromatic carbocycles. The molecule has 5 heteroatoms. The first-order valence-electron chi connectivity index (χ1n) is 4.94. The molecule has 0 saturated carbocycles. The minimum absolute atomic E-state index is 0.0426. The minimum Gasteiger partial charge on any atom is -0.504 e. The van der Waals surface area contributed by atoms with E-state index in [1.54, 1.807) is 26.0 Å². The number of ether oxygens (including phenoxy) is 1. The lowest BCUT2D eigenvalue weighted by Crippen LogP contribution is -2.15. The van der Waals surface area contributed by atoms with Gasteiger partial charge in [-0.1, -0.05) is 6.07 Å². The lowest BCUT2D eigenvalue weighted by molar-refractivity contribution is 0.373. The number of methoxy groups -OCH3 is 1. The molecule has 0 radical (unpaired) electrons. The number of sulfone groups is 1. The Morgan fingerprint density at radius 2 is 2.00 bits per heavy atom. The van der Waals surface area contributed by atoms with Crippen molar-refractivity contribution < 1.29 is 18.3 Å². The summed E-state index contributed by atoms with van der Waals surface area (Å²) in [6.45, 7) is 3.28. The van der Waals surface area contributed by atoms with E-state index >= 15 is 0 Å². The van der Waals surface area contributed by atoms with Crippen LogP contribution in [0, 0.1) is 0 Å². The van der Waals surface area contributed by atoms with Crippen molar-refractivity contribution in [2.75, 3.05) is 7.11 Å². The molecule has 0 amide bonds. The zero-order valence-corrected chi connectivity index (χ0v) is 10.4. The van der Waals surface area contributed by atoms with Gasteiger partial charge in [-0.25, -0.2) is 8.42 Å². The van der Waals surface area contributed by atoms with Crippen LogP contribution in [0.2, 0.25) is 0 Å². The molecule has 0 atom stereocenters. The lowest BCUT2D eigenvalue weighted by Gasteiger charge is -2.09. The summed E-state index contributed by atoms with van der Waals surface area (Å²) in [6.07, 6.45) is 0. The van der Waals surface area contributed by atoms with Crippen LogP contribution in [-0.4, -0.2) is 25.9 Å². The summed E-state index contributed by atoms with van der Waals surface area (Å²) in [6, 6.07) is 4.61. The van der Waals surface area contributed by atoms with E-state index in [1.807, 2.05) is 0 Å². The fourth-order valence-electron chi connectivity index (χ4n) is 1.22. The van der Waals surface area contributed by atoms with Gasteiger partial charge in [0.2, 0.25) is 0 Å². The highest BCUT2D eigenvalue weighted by Gasteiger charge is 2.17. The number of hydrogen-bond acceptors (Lipinski definition) is 4. The van der Waals surface area contributed by atoms with Crippen molar-refractivity contribution >= 4 is 9.84 Å². The normalized spacial score (nSPS) is 11.8. The maximum atomic E-state index is 11.7. The molecule has 0 aliphatic carbocycles. The van der Waals surface area contributed by atoms with Gasteiger partial charge in [0.05, 0.1) is 18.1 Å². The Morgan fingerprint density at radius 3 is 2.44 bits per heavy atom. The molecular weight excluding hydrogens is 228 g/mol. The maximum absolute atomic E-state index is 11.7. The van der Waals surface area contributed by atoms with Gasteiger partial charge >= 0.3 is 0 Å². The van der Waals surface area contributed by atoms with E-state index in [4.69, 9.17) is 4.74 Å². The first kappa shape index (κ1) is 12.8. The van der Waals surface area contributed by atoms with Crippen molar-refractivity contribution in [1.82, 2.24) is 0 Å². The minimum atomic E-state index is -3.14. The molecule has 0 bridgehead atoms. The summed E-state index contributed by atoms with van der Waals surface area (Å²) in [5, 5.41) is 9.09. The first-order valence-corrected chi connectivity index (χ1v) is 6.66. The van der Waals surface area contributed by atoms with Crippen LogP contribution in [0.25, 0.3) is 0 Å². The van der Waals surface area contributed by atoms with E-state index in [2.05, 4.69) is 0 Å². The third-order valence-electron chi connectivity index (χ3n) is 2.33. The number of benzene rings is 1. The van der Waals surface area contributed by atoms with Crippen molar-refractivity contribution in [3.63, 3.8) is 0 Å². The third-order valence-corrected chi connectivity index (χ3v) is 4.50. The quantitative estimate of drug-likeness (QED) is 0.876. The van der Waals surface area contributed by atoms with E-state index in [-0.39, 0.29) is 11.5 Å². The molecule has 1 aromatic rings. The van der Waals surface area contributed by atoms with Crippen molar-refractivity contribution in [1.29, 1.82) is 0 Å². The molecule has 90 valence electrons. The van der Waals surface area contributed by atoms with Crippen LogP contribution < -0.4 is 4.74 Å². The number of phenolic OH excluding ortho intramolecular Hbond substituents is 1. The average molecular weight is 244 g/mol. The van der Waals surface area contributed by atoms with Gasteiger partial charge in [0.25, 0.3) is 0 Å². The monoisotopic (exact) mass is 244 g/mol. The molecule has 1 N–H and O–H groups in total. The summed E-state index contributed by atoms with van der Waals surface area (Å²) in [5.74, 6) is 0.229. The van der Waals surface area contributed by atoms with Crippen LogP contribution >= 0.6 is 0 Å². The molecule has 0 heterocycles. The van der Waals surface area contributed by atoms with Crippen LogP contribution in [0.15, 0.2) is 18.2 Å². The highest BCUT2D eigenvalue weighted by atomic mass is 32.2. The number of aromatic hydroxyl groups is 1. The number of rotatable bonds is 4. The molecule has 0 fully saturated rings. The second kappa shape index (κ2) is 4.74. The maximum Gasteiger partial charge on any atom is 0.160 e. The van der Waals surface area contributed by atoms with Crippen LogP contribution in [-0.2, 0) is 15.6 Å². The van der Waals surface area contributed by atoms with E-state index in [1.165, 1.54) is 13.2 Å². The zero-order valence-electron chi connectivity index (χ0n) is 9.60. The summed E-state index contributed by atoms with van der Waals surface area (Å²) in [5.41, 5.74) is 0.562. The molecule has 1 rings (SSSR count). The molecular formula is C11H16O4S. The van der Waals surface area contributed by atoms with Crippen LogP contribution in [0.4, 0.5) is 0 Å². The second-order valence-electron chi connectivity index (χ2n) is 3.86. The van der Waals surface area contributed by atoms with Gasteiger partial charge in [0.15, 0.2) is 21.3 Å². The Hall–Kier alpha value is -1.23. The van der Waals surface area contributed by atoms with Crippen LogP contribution in [0.5, 0.6) is 11.5 Å². The predicted octanol–water partition coefficient (Wildman–Crippen LogP) is 1.72. The first-order chi connectivity index (χ1) is 7.36. The molecule has 0 unspecified atom stereocenters. The lowest BCUT2D eigenvalue weighted by atomic mass is 10.2. The van der Waals surface area contributed by atoms with Gasteiger partial charge in [-0.2, -0.15) is 0 Å². The second-order valence-corrected chi connectivity index (χ2v) is 6.42. The fourth-order valence-corrected chi connectivity index (χ4v) is 2.20. The molecule has 16 heavy (non-hydrogen) atoms. The smallest absolute Gasteiger partial charge is 0.160 e. The van der Waals surface area contributed by atoms with Gasteiger partial charge in [0, 0.05) is 0 Å². The van der Waals surface area contributed by atoms with Crippen LogP contribution in [0.1, 0.15) is 19.4 Å². The van der Waals surface area contributed by atoms with Crippen molar-refractivity contribution in [2.24, 2.45) is 0 Å². The molecule has 0 aromatic heterocycles. The van der Waals surface area contributed by atoms with Gasteiger partial charge in [-0.15, -0.1) is 0 Å². The Labute approximate surface area is 95.8 Å². The number of phenols is 1. The van der Waals surface area contributed by atoms with Gasteiger partial charge in [0.1, 0.15) is 0 Å². The topological polar surface area (TPSA) is 63.6 Å². The Morgan fingerprint density at radius 1 is 1.38 bits per heavy atom. The standard InChI is InChI=1S/C11H16O4S/c1-8(2)16(13,14)7-9-4-5-11(15-3)10(12)6-9/h4-6,8,12H,7H2,1-3H3. The van der Waals surface area contributed by atoms with E-state index in [0.29, 0.717) is 11.3 Å².